The summed E-state index contributed by atoms with van der Waals surface area (Å²) >= 11 is 30.8. The minimum Gasteiger partial charge on any atom is -0.326 e. The fourth-order valence-electron chi connectivity index (χ4n) is 4.15. The number of carbonyl (C=O) groups is 3. The predicted octanol–water partition coefficient (Wildman–Crippen LogP) is 7.58. The highest BCUT2D eigenvalue weighted by Gasteiger charge is 2.67. The lowest BCUT2D eigenvalue weighted by molar-refractivity contribution is -0.117. The molecule has 0 unspecified atom stereocenters. The SMILES string of the molecule is O=C(CS(=O)(=O)C(F)(F)F)Nc1c(F)ccc(NC(=O)c2cc(NC(=O)[C@H]3[C@H](c4ccc(Cl)c(Cl)c4)C3(Cl)Cl)ccc2Cl)c1F. The van der Waals surface area contributed by atoms with Crippen LogP contribution < -0.4 is 16.0 Å². The lowest BCUT2D eigenvalue weighted by Gasteiger charge is -2.14. The number of hydrogen-bond acceptors (Lipinski definition) is 5. The molecule has 0 aliphatic heterocycles. The second kappa shape index (κ2) is 12.7. The van der Waals surface area contributed by atoms with Crippen LogP contribution in [0.3, 0.4) is 0 Å². The minimum atomic E-state index is -5.95. The van der Waals surface area contributed by atoms with Gasteiger partial charge in [0.2, 0.25) is 11.8 Å². The second-order valence-corrected chi connectivity index (χ2v) is 14.1. The second-order valence-electron chi connectivity index (χ2n) is 9.48. The third-order valence-electron chi connectivity index (χ3n) is 6.39. The van der Waals surface area contributed by atoms with Gasteiger partial charge in [0.15, 0.2) is 5.82 Å². The molecule has 1 aliphatic carbocycles. The Kier molecular flexibility index (Phi) is 9.89. The molecule has 0 spiro atoms. The van der Waals surface area contributed by atoms with Crippen LogP contribution in [-0.2, 0) is 19.4 Å². The van der Waals surface area contributed by atoms with Crippen LogP contribution in [0.1, 0.15) is 21.8 Å². The molecule has 3 aromatic carbocycles. The molecule has 0 bridgehead atoms. The zero-order valence-corrected chi connectivity index (χ0v) is 26.3. The Bertz CT molecular complexity index is 1840. The van der Waals surface area contributed by atoms with E-state index < -0.39 is 78.0 Å². The van der Waals surface area contributed by atoms with Crippen molar-refractivity contribution < 1.29 is 44.8 Å². The topological polar surface area (TPSA) is 121 Å². The summed E-state index contributed by atoms with van der Waals surface area (Å²) < 4.78 is 87.8. The number of amides is 3. The van der Waals surface area contributed by atoms with Crippen LogP contribution in [0, 0.1) is 17.6 Å². The van der Waals surface area contributed by atoms with Gasteiger partial charge in [-0.3, -0.25) is 14.4 Å². The molecule has 19 heteroatoms. The predicted molar refractivity (Wildman–Crippen MR) is 160 cm³/mol. The molecule has 1 fully saturated rings. The highest BCUT2D eigenvalue weighted by molar-refractivity contribution is 7.92. The molecule has 4 rings (SSSR count). The number of sulfone groups is 1. The summed E-state index contributed by atoms with van der Waals surface area (Å²) in [6, 6.07) is 9.57. The lowest BCUT2D eigenvalue weighted by atomic mass is 10.1. The van der Waals surface area contributed by atoms with E-state index in [1.54, 1.807) is 6.07 Å². The van der Waals surface area contributed by atoms with Crippen molar-refractivity contribution in [2.24, 2.45) is 5.92 Å². The van der Waals surface area contributed by atoms with Crippen molar-refractivity contribution in [3.8, 4) is 0 Å². The molecule has 1 saturated carbocycles. The number of halogens is 10. The van der Waals surface area contributed by atoms with E-state index in [9.17, 15) is 40.4 Å². The summed E-state index contributed by atoms with van der Waals surface area (Å²) in [6.07, 6.45) is 0. The van der Waals surface area contributed by atoms with Crippen molar-refractivity contribution in [2.45, 2.75) is 15.8 Å². The molecule has 2 atom stereocenters. The molecule has 0 saturated heterocycles. The fraction of sp³-hybridized carbons (Fsp3) is 0.192. The monoisotopic (exact) mass is 751 g/mol. The summed E-state index contributed by atoms with van der Waals surface area (Å²) in [5.41, 5.74) is -7.61. The van der Waals surface area contributed by atoms with Crippen molar-refractivity contribution >= 4 is 103 Å². The molecule has 8 nitrogen and oxygen atoms in total. The molecule has 0 heterocycles. The fourth-order valence-corrected chi connectivity index (χ4v) is 6.07. The van der Waals surface area contributed by atoms with Crippen LogP contribution in [0.15, 0.2) is 48.5 Å². The summed E-state index contributed by atoms with van der Waals surface area (Å²) in [7, 11) is -5.95. The smallest absolute Gasteiger partial charge is 0.326 e. The molecule has 3 aromatic rings. The molecule has 240 valence electrons. The van der Waals surface area contributed by atoms with Gasteiger partial charge >= 0.3 is 5.51 Å². The average molecular weight is 754 g/mol. The van der Waals surface area contributed by atoms with E-state index in [1.807, 2.05) is 0 Å². The average Bonchev–Trinajstić information content (AvgIpc) is 3.51. The van der Waals surface area contributed by atoms with E-state index in [-0.39, 0.29) is 26.3 Å². The molecule has 1 aliphatic rings. The first-order valence-electron chi connectivity index (χ1n) is 12.1. The number of rotatable bonds is 8. The Balaban J connectivity index is 1.50. The molecule has 3 N–H and O–H groups in total. The van der Waals surface area contributed by atoms with Crippen LogP contribution in [0.4, 0.5) is 39.0 Å². The number of carbonyl (C=O) groups excluding carboxylic acids is 3. The Hall–Kier alpha value is -2.88. The summed E-state index contributed by atoms with van der Waals surface area (Å²) in [5, 5.41) is 6.34. The first-order valence-corrected chi connectivity index (χ1v) is 15.6. The Labute approximate surface area is 276 Å². The van der Waals surface area contributed by atoms with E-state index in [0.29, 0.717) is 11.6 Å². The zero-order valence-electron chi connectivity index (χ0n) is 21.7. The van der Waals surface area contributed by atoms with Gasteiger partial charge in [-0.05, 0) is 48.0 Å². The highest BCUT2D eigenvalue weighted by atomic mass is 35.5. The third-order valence-corrected chi connectivity index (χ3v) is 9.75. The Morgan fingerprint density at radius 1 is 0.844 bits per heavy atom. The van der Waals surface area contributed by atoms with Crippen LogP contribution >= 0.6 is 58.0 Å². The number of anilines is 3. The molecular formula is C26H15Cl5F5N3O5S. The van der Waals surface area contributed by atoms with E-state index in [0.717, 1.165) is 12.1 Å². The number of hydrogen-bond donors (Lipinski definition) is 3. The zero-order chi connectivity index (χ0) is 33.6. The molecule has 0 aromatic heterocycles. The van der Waals surface area contributed by atoms with Crippen molar-refractivity contribution in [2.75, 3.05) is 21.7 Å². The standard InChI is InChI=1S/C26H15Cl5F5N3O5S/c27-13-4-2-11(37-24(42)20-19(25(20,30)31)10-1-3-14(28)15(29)7-10)8-12(13)23(41)38-17-6-5-16(32)22(21(17)33)39-18(40)9-45(43,44)26(34,35)36/h1-8,19-20H,9H2,(H,37,42)(H,38,41)(H,39,40)/t19-,20+/m0/s1. The number of nitrogens with one attached hydrogen (secondary N) is 3. The van der Waals surface area contributed by atoms with E-state index >= 15 is 4.39 Å². The Morgan fingerprint density at radius 3 is 2.11 bits per heavy atom. The lowest BCUT2D eigenvalue weighted by Crippen LogP contribution is -2.33. The highest BCUT2D eigenvalue weighted by Crippen LogP contribution is 2.65. The first kappa shape index (κ1) is 35.0. The number of benzene rings is 3. The molecular weight excluding hydrogens is 739 g/mol. The van der Waals surface area contributed by atoms with Gasteiger partial charge in [0, 0.05) is 11.6 Å². The van der Waals surface area contributed by atoms with Crippen LogP contribution in [0.2, 0.25) is 15.1 Å². The maximum atomic E-state index is 15.0. The summed E-state index contributed by atoms with van der Waals surface area (Å²) in [5.74, 6) is -10.5. The quantitative estimate of drug-likeness (QED) is 0.162. The van der Waals surface area contributed by atoms with E-state index in [4.69, 9.17) is 58.0 Å². The maximum absolute atomic E-state index is 15.0. The molecule has 45 heavy (non-hydrogen) atoms. The number of alkyl halides is 5. The third kappa shape index (κ3) is 7.42. The van der Waals surface area contributed by atoms with Gasteiger partial charge in [0.1, 0.15) is 21.6 Å². The van der Waals surface area contributed by atoms with Gasteiger partial charge < -0.3 is 16.0 Å². The van der Waals surface area contributed by atoms with Gasteiger partial charge in [-0.15, -0.1) is 23.2 Å². The largest absolute Gasteiger partial charge is 0.497 e. The van der Waals surface area contributed by atoms with Gasteiger partial charge in [-0.25, -0.2) is 17.2 Å². The normalized spacial score (nSPS) is 17.4. The summed E-state index contributed by atoms with van der Waals surface area (Å²) in [4.78, 5) is 37.8. The van der Waals surface area contributed by atoms with Crippen LogP contribution in [0.25, 0.3) is 0 Å². The maximum Gasteiger partial charge on any atom is 0.497 e. The van der Waals surface area contributed by atoms with Crippen molar-refractivity contribution in [3.63, 3.8) is 0 Å². The Morgan fingerprint density at radius 2 is 1.49 bits per heavy atom. The van der Waals surface area contributed by atoms with Gasteiger partial charge in [-0.1, -0.05) is 40.9 Å². The van der Waals surface area contributed by atoms with Crippen molar-refractivity contribution in [1.82, 2.24) is 0 Å². The van der Waals surface area contributed by atoms with E-state index in [1.165, 1.54) is 29.6 Å². The molecule has 3 amide bonds. The van der Waals surface area contributed by atoms with Crippen molar-refractivity contribution in [3.05, 3.63) is 86.4 Å². The van der Waals surface area contributed by atoms with Gasteiger partial charge in [-0.2, -0.15) is 13.2 Å². The summed E-state index contributed by atoms with van der Waals surface area (Å²) in [6.45, 7) is 0. The van der Waals surface area contributed by atoms with E-state index in [2.05, 4.69) is 10.6 Å². The van der Waals surface area contributed by atoms with Crippen LogP contribution in [-0.4, -0.2) is 41.7 Å². The van der Waals surface area contributed by atoms with Gasteiger partial charge in [0.05, 0.1) is 32.2 Å². The van der Waals surface area contributed by atoms with Crippen molar-refractivity contribution in [1.29, 1.82) is 0 Å². The molecule has 0 radical (unpaired) electrons. The van der Waals surface area contributed by atoms with Gasteiger partial charge in [0.25, 0.3) is 15.7 Å². The van der Waals surface area contributed by atoms with Crippen LogP contribution in [0.5, 0.6) is 0 Å². The first-order chi connectivity index (χ1) is 20.7. The minimum absolute atomic E-state index is 0.0388.